The quantitative estimate of drug-likeness (QED) is 0.169. The first kappa shape index (κ1) is 34.9. The summed E-state index contributed by atoms with van der Waals surface area (Å²) in [7, 11) is 0. The van der Waals surface area contributed by atoms with Gasteiger partial charge in [-0.25, -0.2) is 0 Å². The highest BCUT2D eigenvalue weighted by molar-refractivity contribution is 6.09. The molecular formula is C58H52N2. The Kier molecular flexibility index (Phi) is 7.61. The van der Waals surface area contributed by atoms with E-state index in [0.29, 0.717) is 11.8 Å². The summed E-state index contributed by atoms with van der Waals surface area (Å²) < 4.78 is 2.44. The van der Waals surface area contributed by atoms with E-state index in [4.69, 9.17) is 0 Å². The van der Waals surface area contributed by atoms with Crippen LogP contribution in [0.2, 0.25) is 0 Å². The second-order valence-corrected chi connectivity index (χ2v) is 19.0. The molecule has 5 aliphatic rings. The molecule has 13 rings (SSSR count). The predicted molar refractivity (Wildman–Crippen MR) is 250 cm³/mol. The largest absolute Gasteiger partial charge is 0.310 e. The Morgan fingerprint density at radius 3 is 1.67 bits per heavy atom. The number of benzene rings is 7. The second kappa shape index (κ2) is 13.1. The summed E-state index contributed by atoms with van der Waals surface area (Å²) in [5, 5.41) is 2.59. The van der Waals surface area contributed by atoms with Gasteiger partial charge in [0.25, 0.3) is 0 Å². The standard InChI is InChI=1S/C58H52N2/c1-2-38-34-39-14-13-15-40(35-38)58(39)52-21-8-4-17-46(52)48-31-29-44(37-54(48)58)59(43-28-30-47-45-16-3-7-20-51(45)57(53(47)36-43)32-11-12-33-57)41-24-26-42(27-25-41)60-55-22-9-5-18-49(55)50-19-6-10-23-56(50)60/h3-10,16-31,36-40H,2,11-15,32-35H2,1H3. The molecule has 2 spiro atoms. The highest BCUT2D eigenvalue weighted by atomic mass is 15.1. The molecule has 7 aromatic carbocycles. The zero-order valence-corrected chi connectivity index (χ0v) is 34.7. The van der Waals surface area contributed by atoms with Gasteiger partial charge in [0.2, 0.25) is 0 Å². The third kappa shape index (κ3) is 4.66. The normalized spacial score (nSPS) is 22.9. The number of fused-ring (bicyclic) bond motifs is 11. The lowest BCUT2D eigenvalue weighted by atomic mass is 9.49. The molecule has 8 aromatic rings. The lowest BCUT2D eigenvalue weighted by Gasteiger charge is -2.55. The van der Waals surface area contributed by atoms with Crippen molar-refractivity contribution in [2.24, 2.45) is 17.8 Å². The van der Waals surface area contributed by atoms with E-state index in [2.05, 4.69) is 174 Å². The molecular weight excluding hydrogens is 725 g/mol. The molecule has 0 aliphatic heterocycles. The van der Waals surface area contributed by atoms with Gasteiger partial charge in [0.15, 0.2) is 0 Å². The number of para-hydroxylation sites is 2. The van der Waals surface area contributed by atoms with Crippen molar-refractivity contribution < 1.29 is 0 Å². The van der Waals surface area contributed by atoms with Crippen LogP contribution in [0.1, 0.15) is 93.4 Å². The van der Waals surface area contributed by atoms with Crippen LogP contribution in [-0.4, -0.2) is 4.57 Å². The van der Waals surface area contributed by atoms with E-state index in [1.165, 1.54) is 137 Å². The summed E-state index contributed by atoms with van der Waals surface area (Å²) in [6.07, 6.45) is 13.1. The van der Waals surface area contributed by atoms with E-state index in [-0.39, 0.29) is 10.8 Å². The van der Waals surface area contributed by atoms with Crippen molar-refractivity contribution in [2.45, 2.75) is 82.0 Å². The molecule has 0 N–H and O–H groups in total. The number of hydrogen-bond acceptors (Lipinski definition) is 1. The predicted octanol–water partition coefficient (Wildman–Crippen LogP) is 15.6. The van der Waals surface area contributed by atoms with Crippen LogP contribution in [0.15, 0.2) is 158 Å². The lowest BCUT2D eigenvalue weighted by molar-refractivity contribution is 0.0492. The molecule has 1 aromatic heterocycles. The van der Waals surface area contributed by atoms with Crippen molar-refractivity contribution in [1.82, 2.24) is 4.57 Å². The third-order valence-corrected chi connectivity index (χ3v) is 16.5. The van der Waals surface area contributed by atoms with Crippen LogP contribution in [0.3, 0.4) is 0 Å². The van der Waals surface area contributed by atoms with Gasteiger partial charge in [-0.1, -0.05) is 130 Å². The van der Waals surface area contributed by atoms with Gasteiger partial charge in [-0.05, 0) is 161 Å². The Labute approximate surface area is 354 Å². The molecule has 2 nitrogen and oxygen atoms in total. The van der Waals surface area contributed by atoms with Crippen LogP contribution in [0.25, 0.3) is 49.7 Å². The molecule has 294 valence electrons. The van der Waals surface area contributed by atoms with E-state index in [9.17, 15) is 0 Å². The third-order valence-electron chi connectivity index (χ3n) is 16.5. The van der Waals surface area contributed by atoms with Gasteiger partial charge in [-0.15, -0.1) is 0 Å². The van der Waals surface area contributed by atoms with Crippen LogP contribution in [0.5, 0.6) is 0 Å². The lowest BCUT2D eigenvalue weighted by Crippen LogP contribution is -2.49. The maximum absolute atomic E-state index is 2.67. The maximum atomic E-state index is 2.67. The van der Waals surface area contributed by atoms with Crippen LogP contribution in [0.4, 0.5) is 17.1 Å². The maximum Gasteiger partial charge on any atom is 0.0541 e. The van der Waals surface area contributed by atoms with Gasteiger partial charge in [-0.3, -0.25) is 0 Å². The van der Waals surface area contributed by atoms with Crippen LogP contribution in [-0.2, 0) is 10.8 Å². The number of rotatable bonds is 5. The molecule has 2 unspecified atom stereocenters. The Bertz CT molecular complexity index is 2930. The van der Waals surface area contributed by atoms with Crippen molar-refractivity contribution in [3.8, 4) is 27.9 Å². The Morgan fingerprint density at radius 2 is 1.02 bits per heavy atom. The minimum absolute atomic E-state index is 0.0887. The molecule has 3 saturated carbocycles. The molecule has 0 saturated heterocycles. The molecule has 5 aliphatic carbocycles. The SMILES string of the molecule is CCC1CC2CCCC(C1)C21c2ccccc2-c2ccc(N(c3ccc(-n4c5ccccc5c5ccccc54)cc3)c3ccc4c(c3)C3(CCCC3)c3ccccc3-4)cc21. The number of anilines is 3. The average molecular weight is 777 g/mol. The van der Waals surface area contributed by atoms with Crippen LogP contribution in [0, 0.1) is 17.8 Å². The second-order valence-electron chi connectivity index (χ2n) is 19.0. The van der Waals surface area contributed by atoms with E-state index >= 15 is 0 Å². The number of nitrogens with zero attached hydrogens (tertiary/aromatic N) is 2. The monoisotopic (exact) mass is 776 g/mol. The minimum Gasteiger partial charge on any atom is -0.310 e. The molecule has 2 heteroatoms. The van der Waals surface area contributed by atoms with Gasteiger partial charge < -0.3 is 9.47 Å². The molecule has 1 heterocycles. The van der Waals surface area contributed by atoms with Gasteiger partial charge in [0, 0.05) is 44.4 Å². The van der Waals surface area contributed by atoms with E-state index < -0.39 is 0 Å². The van der Waals surface area contributed by atoms with Crippen molar-refractivity contribution >= 4 is 38.9 Å². The summed E-state index contributed by atoms with van der Waals surface area (Å²) in [6.45, 7) is 2.43. The van der Waals surface area contributed by atoms with Gasteiger partial charge in [0.1, 0.15) is 0 Å². The highest BCUT2D eigenvalue weighted by Crippen LogP contribution is 2.66. The van der Waals surface area contributed by atoms with Gasteiger partial charge in [-0.2, -0.15) is 0 Å². The summed E-state index contributed by atoms with van der Waals surface area (Å²) in [5.74, 6) is 2.22. The Hall–Kier alpha value is -5.86. The minimum atomic E-state index is 0.0887. The average Bonchev–Trinajstić information content (AvgIpc) is 4.06. The summed E-state index contributed by atoms with van der Waals surface area (Å²) >= 11 is 0. The molecule has 0 radical (unpaired) electrons. The Morgan fingerprint density at radius 1 is 0.500 bits per heavy atom. The topological polar surface area (TPSA) is 8.17 Å². The van der Waals surface area contributed by atoms with Crippen molar-refractivity contribution in [3.63, 3.8) is 0 Å². The van der Waals surface area contributed by atoms with Crippen molar-refractivity contribution in [2.75, 3.05) is 4.90 Å². The van der Waals surface area contributed by atoms with E-state index in [0.717, 1.165) is 5.92 Å². The first-order valence-corrected chi connectivity index (χ1v) is 23.0. The van der Waals surface area contributed by atoms with E-state index in [1.54, 1.807) is 16.7 Å². The smallest absolute Gasteiger partial charge is 0.0541 e. The van der Waals surface area contributed by atoms with Crippen molar-refractivity contribution in [1.29, 1.82) is 0 Å². The van der Waals surface area contributed by atoms with Crippen LogP contribution >= 0.6 is 0 Å². The summed E-state index contributed by atoms with van der Waals surface area (Å²) in [4.78, 5) is 2.60. The first-order valence-electron chi connectivity index (χ1n) is 23.0. The molecule has 2 bridgehead atoms. The fraction of sp³-hybridized carbons (Fsp3) is 0.276. The molecule has 2 atom stereocenters. The fourth-order valence-corrected chi connectivity index (χ4v) is 14.1. The molecule has 60 heavy (non-hydrogen) atoms. The van der Waals surface area contributed by atoms with Crippen molar-refractivity contribution in [3.05, 3.63) is 180 Å². The molecule has 3 fully saturated rings. The summed E-state index contributed by atoms with van der Waals surface area (Å²) in [5.41, 5.74) is 19.7. The summed E-state index contributed by atoms with van der Waals surface area (Å²) in [6, 6.07) is 61.1. The number of hydrogen-bond donors (Lipinski definition) is 0. The zero-order valence-electron chi connectivity index (χ0n) is 34.7. The highest BCUT2D eigenvalue weighted by Gasteiger charge is 2.57. The Balaban J connectivity index is 1.01. The molecule has 0 amide bonds. The first-order chi connectivity index (χ1) is 29.7. The van der Waals surface area contributed by atoms with Crippen LogP contribution < -0.4 is 4.90 Å². The van der Waals surface area contributed by atoms with Gasteiger partial charge >= 0.3 is 0 Å². The van der Waals surface area contributed by atoms with Gasteiger partial charge in [0.05, 0.1) is 11.0 Å². The zero-order chi connectivity index (χ0) is 39.6. The number of aromatic nitrogens is 1. The van der Waals surface area contributed by atoms with E-state index in [1.807, 2.05) is 0 Å². The fourth-order valence-electron chi connectivity index (χ4n) is 14.1.